The molecule has 0 unspecified atom stereocenters. The molecule has 1 aromatic rings. The van der Waals surface area contributed by atoms with Crippen LogP contribution in [-0.4, -0.2) is 12.5 Å². The second-order valence-corrected chi connectivity index (χ2v) is 5.63. The summed E-state index contributed by atoms with van der Waals surface area (Å²) in [5.74, 6) is -0.272. The standard InChI is InChI=1S/C12H12BrClN2O/c1-12(2,6-15)7-16-11(17)9-4-3-8(13)5-10(9)14/h3-5H,7H2,1-2H3,(H,16,17). The van der Waals surface area contributed by atoms with Crippen LogP contribution < -0.4 is 5.32 Å². The molecule has 0 bridgehead atoms. The predicted molar refractivity (Wildman–Crippen MR) is 70.9 cm³/mol. The molecule has 0 aliphatic carbocycles. The smallest absolute Gasteiger partial charge is 0.252 e. The molecule has 0 aliphatic rings. The van der Waals surface area contributed by atoms with E-state index in [0.29, 0.717) is 10.6 Å². The number of amides is 1. The molecule has 17 heavy (non-hydrogen) atoms. The van der Waals surface area contributed by atoms with E-state index in [1.165, 1.54) is 0 Å². The van der Waals surface area contributed by atoms with E-state index in [4.69, 9.17) is 16.9 Å². The first-order valence-corrected chi connectivity index (χ1v) is 6.17. The molecule has 0 saturated heterocycles. The molecule has 0 spiro atoms. The largest absolute Gasteiger partial charge is 0.350 e. The topological polar surface area (TPSA) is 52.9 Å². The van der Waals surface area contributed by atoms with E-state index in [9.17, 15) is 4.79 Å². The molecule has 1 N–H and O–H groups in total. The number of halogens is 2. The Balaban J connectivity index is 2.75. The van der Waals surface area contributed by atoms with Crippen LogP contribution in [0.3, 0.4) is 0 Å². The van der Waals surface area contributed by atoms with Gasteiger partial charge in [-0.3, -0.25) is 4.79 Å². The van der Waals surface area contributed by atoms with Crippen LogP contribution in [0, 0.1) is 16.7 Å². The summed E-state index contributed by atoms with van der Waals surface area (Å²) in [6.07, 6.45) is 0. The fourth-order valence-corrected chi connectivity index (χ4v) is 1.87. The van der Waals surface area contributed by atoms with Crippen LogP contribution in [-0.2, 0) is 0 Å². The Morgan fingerprint density at radius 2 is 2.24 bits per heavy atom. The summed E-state index contributed by atoms with van der Waals surface area (Å²) in [6, 6.07) is 7.16. The van der Waals surface area contributed by atoms with Gasteiger partial charge in [-0.15, -0.1) is 0 Å². The van der Waals surface area contributed by atoms with Gasteiger partial charge in [0.05, 0.1) is 22.1 Å². The summed E-state index contributed by atoms with van der Waals surface area (Å²) in [7, 11) is 0. The Morgan fingerprint density at radius 3 is 2.76 bits per heavy atom. The minimum atomic E-state index is -0.586. The number of nitrogens with zero attached hydrogens (tertiary/aromatic N) is 1. The number of hydrogen-bond donors (Lipinski definition) is 1. The zero-order chi connectivity index (χ0) is 13.1. The molecule has 0 aromatic heterocycles. The van der Waals surface area contributed by atoms with Gasteiger partial charge in [-0.25, -0.2) is 0 Å². The zero-order valence-corrected chi connectivity index (χ0v) is 11.9. The highest BCUT2D eigenvalue weighted by molar-refractivity contribution is 9.10. The highest BCUT2D eigenvalue weighted by atomic mass is 79.9. The maximum atomic E-state index is 11.8. The summed E-state index contributed by atoms with van der Waals surface area (Å²) in [5.41, 5.74) is -0.180. The van der Waals surface area contributed by atoms with Gasteiger partial charge >= 0.3 is 0 Å². The van der Waals surface area contributed by atoms with Gasteiger partial charge in [0, 0.05) is 11.0 Å². The van der Waals surface area contributed by atoms with E-state index in [1.807, 2.05) is 0 Å². The fraction of sp³-hybridized carbons (Fsp3) is 0.333. The van der Waals surface area contributed by atoms with Gasteiger partial charge in [-0.1, -0.05) is 27.5 Å². The average molecular weight is 316 g/mol. The molecule has 0 aliphatic heterocycles. The van der Waals surface area contributed by atoms with Crippen molar-refractivity contribution in [1.82, 2.24) is 5.32 Å². The fourth-order valence-electron chi connectivity index (χ4n) is 1.11. The van der Waals surface area contributed by atoms with Crippen molar-refractivity contribution in [2.75, 3.05) is 6.54 Å². The molecule has 0 saturated carbocycles. The summed E-state index contributed by atoms with van der Waals surface area (Å²) in [4.78, 5) is 11.8. The molecule has 0 fully saturated rings. The number of nitrogens with one attached hydrogen (secondary N) is 1. The summed E-state index contributed by atoms with van der Waals surface area (Å²) in [5, 5.41) is 11.9. The van der Waals surface area contributed by atoms with E-state index in [0.717, 1.165) is 4.47 Å². The van der Waals surface area contributed by atoms with Crippen LogP contribution >= 0.6 is 27.5 Å². The Labute approximate surface area is 114 Å². The number of benzene rings is 1. The third-order valence-corrected chi connectivity index (χ3v) is 2.98. The number of rotatable bonds is 3. The summed E-state index contributed by atoms with van der Waals surface area (Å²) >= 11 is 9.22. The van der Waals surface area contributed by atoms with Gasteiger partial charge in [0.1, 0.15) is 0 Å². The van der Waals surface area contributed by atoms with Crippen molar-refractivity contribution in [3.8, 4) is 6.07 Å². The minimum Gasteiger partial charge on any atom is -0.350 e. The molecule has 1 aromatic carbocycles. The lowest BCUT2D eigenvalue weighted by atomic mass is 9.96. The predicted octanol–water partition coefficient (Wildman–Crippen LogP) is 3.38. The lowest BCUT2D eigenvalue weighted by Gasteiger charge is -2.16. The maximum Gasteiger partial charge on any atom is 0.252 e. The molecule has 90 valence electrons. The number of carbonyl (C=O) groups excluding carboxylic acids is 1. The molecule has 1 rings (SSSR count). The molecule has 0 heterocycles. The van der Waals surface area contributed by atoms with Crippen LogP contribution in [0.1, 0.15) is 24.2 Å². The zero-order valence-electron chi connectivity index (χ0n) is 9.55. The third kappa shape index (κ3) is 4.03. The number of hydrogen-bond acceptors (Lipinski definition) is 2. The van der Waals surface area contributed by atoms with E-state index in [1.54, 1.807) is 32.0 Å². The Hall–Kier alpha value is -1.05. The third-order valence-electron chi connectivity index (χ3n) is 2.17. The van der Waals surface area contributed by atoms with Crippen molar-refractivity contribution in [2.24, 2.45) is 5.41 Å². The normalized spacial score (nSPS) is 10.8. The molecule has 5 heteroatoms. The van der Waals surface area contributed by atoms with Gasteiger partial charge in [0.2, 0.25) is 0 Å². The minimum absolute atomic E-state index is 0.272. The molecular weight excluding hydrogens is 304 g/mol. The van der Waals surface area contributed by atoms with E-state index < -0.39 is 5.41 Å². The van der Waals surface area contributed by atoms with Crippen molar-refractivity contribution in [3.63, 3.8) is 0 Å². The summed E-state index contributed by atoms with van der Waals surface area (Å²) < 4.78 is 0.816. The van der Waals surface area contributed by atoms with E-state index >= 15 is 0 Å². The first-order valence-electron chi connectivity index (χ1n) is 5.00. The van der Waals surface area contributed by atoms with Crippen molar-refractivity contribution in [1.29, 1.82) is 5.26 Å². The molecule has 0 atom stereocenters. The Bertz CT molecular complexity index is 480. The highest BCUT2D eigenvalue weighted by Crippen LogP contribution is 2.21. The Kier molecular flexibility index (Phi) is 4.55. The van der Waals surface area contributed by atoms with Crippen molar-refractivity contribution in [2.45, 2.75) is 13.8 Å². The van der Waals surface area contributed by atoms with Crippen molar-refractivity contribution < 1.29 is 4.79 Å². The van der Waals surface area contributed by atoms with Gasteiger partial charge in [-0.05, 0) is 32.0 Å². The molecule has 0 radical (unpaired) electrons. The summed E-state index contributed by atoms with van der Waals surface area (Å²) in [6.45, 7) is 3.81. The van der Waals surface area contributed by atoms with E-state index in [2.05, 4.69) is 27.3 Å². The SMILES string of the molecule is CC(C)(C#N)CNC(=O)c1ccc(Br)cc1Cl. The molecular formula is C12H12BrClN2O. The van der Waals surface area contributed by atoms with Gasteiger partial charge < -0.3 is 5.32 Å². The monoisotopic (exact) mass is 314 g/mol. The second-order valence-electron chi connectivity index (χ2n) is 4.30. The average Bonchev–Trinajstić information content (AvgIpc) is 2.26. The Morgan fingerprint density at radius 1 is 1.59 bits per heavy atom. The first-order chi connectivity index (χ1) is 7.85. The van der Waals surface area contributed by atoms with Crippen LogP contribution in [0.15, 0.2) is 22.7 Å². The molecule has 1 amide bonds. The second kappa shape index (κ2) is 5.52. The quantitative estimate of drug-likeness (QED) is 0.929. The highest BCUT2D eigenvalue weighted by Gasteiger charge is 2.19. The first kappa shape index (κ1) is 14.0. The van der Waals surface area contributed by atoms with E-state index in [-0.39, 0.29) is 12.5 Å². The van der Waals surface area contributed by atoms with Gasteiger partial charge in [-0.2, -0.15) is 5.26 Å². The van der Waals surface area contributed by atoms with Crippen LogP contribution in [0.5, 0.6) is 0 Å². The maximum absolute atomic E-state index is 11.8. The number of nitriles is 1. The van der Waals surface area contributed by atoms with Gasteiger partial charge in [0.15, 0.2) is 0 Å². The lowest BCUT2D eigenvalue weighted by molar-refractivity contribution is 0.0944. The lowest BCUT2D eigenvalue weighted by Crippen LogP contribution is -2.33. The van der Waals surface area contributed by atoms with Crippen LogP contribution in [0.25, 0.3) is 0 Å². The molecule has 3 nitrogen and oxygen atoms in total. The number of carbonyl (C=O) groups is 1. The van der Waals surface area contributed by atoms with Gasteiger partial charge in [0.25, 0.3) is 5.91 Å². The van der Waals surface area contributed by atoms with Crippen molar-refractivity contribution >= 4 is 33.4 Å². The van der Waals surface area contributed by atoms with Crippen LogP contribution in [0.4, 0.5) is 0 Å². The van der Waals surface area contributed by atoms with Crippen LogP contribution in [0.2, 0.25) is 5.02 Å². The van der Waals surface area contributed by atoms with Crippen molar-refractivity contribution in [3.05, 3.63) is 33.3 Å².